The summed E-state index contributed by atoms with van der Waals surface area (Å²) in [6.07, 6.45) is 7.93. The summed E-state index contributed by atoms with van der Waals surface area (Å²) < 4.78 is 5.45. The second kappa shape index (κ2) is 6.55. The van der Waals surface area contributed by atoms with Crippen LogP contribution in [0.3, 0.4) is 0 Å². The monoisotopic (exact) mass is 287 g/mol. The molecule has 3 nitrogen and oxygen atoms in total. The molecular formula is C18H25NO2. The van der Waals surface area contributed by atoms with Crippen molar-refractivity contribution in [3.05, 3.63) is 35.4 Å². The maximum absolute atomic E-state index is 10.7. The molecule has 0 aliphatic heterocycles. The molecule has 0 radical (unpaired) electrons. The van der Waals surface area contributed by atoms with E-state index >= 15 is 0 Å². The summed E-state index contributed by atoms with van der Waals surface area (Å²) in [4.78, 5) is 14.9. The van der Waals surface area contributed by atoms with Crippen molar-refractivity contribution in [3.8, 4) is 0 Å². The van der Waals surface area contributed by atoms with Gasteiger partial charge in [-0.1, -0.05) is 37.1 Å². The number of hydrogen-bond donors (Lipinski definition) is 0. The predicted molar refractivity (Wildman–Crippen MR) is 84.1 cm³/mol. The van der Waals surface area contributed by atoms with Crippen molar-refractivity contribution in [2.45, 2.75) is 63.5 Å². The summed E-state index contributed by atoms with van der Waals surface area (Å²) in [5, 5.41) is 0. The zero-order chi connectivity index (χ0) is 15.3. The van der Waals surface area contributed by atoms with Crippen LogP contribution in [0.25, 0.3) is 0 Å². The molecule has 0 bridgehead atoms. The van der Waals surface area contributed by atoms with Crippen LogP contribution in [0, 0.1) is 0 Å². The number of rotatable bonds is 6. The van der Waals surface area contributed by atoms with Crippen molar-refractivity contribution >= 4 is 6.08 Å². The normalized spacial score (nSPS) is 17.5. The SMILES string of the molecule is COC(C)(C)CCc1ccc(C2(N=C=O)CCCC2)cc1. The minimum absolute atomic E-state index is 0.0901. The molecule has 1 aromatic carbocycles. The molecule has 0 amide bonds. The van der Waals surface area contributed by atoms with Gasteiger partial charge in [-0.2, -0.15) is 4.99 Å². The highest BCUT2D eigenvalue weighted by molar-refractivity contribution is 5.39. The largest absolute Gasteiger partial charge is 0.379 e. The Hall–Kier alpha value is -1.44. The molecular weight excluding hydrogens is 262 g/mol. The number of nitrogens with zero attached hydrogens (tertiary/aromatic N) is 1. The topological polar surface area (TPSA) is 38.7 Å². The summed E-state index contributed by atoms with van der Waals surface area (Å²) in [6.45, 7) is 4.21. The predicted octanol–water partition coefficient (Wildman–Crippen LogP) is 4.15. The van der Waals surface area contributed by atoms with Crippen molar-refractivity contribution in [1.82, 2.24) is 0 Å². The van der Waals surface area contributed by atoms with Crippen molar-refractivity contribution in [1.29, 1.82) is 0 Å². The maximum atomic E-state index is 10.7. The van der Waals surface area contributed by atoms with Gasteiger partial charge in [0.1, 0.15) is 0 Å². The van der Waals surface area contributed by atoms with E-state index in [1.165, 1.54) is 5.56 Å². The Labute approximate surface area is 127 Å². The van der Waals surface area contributed by atoms with Crippen LogP contribution in [0.15, 0.2) is 29.3 Å². The molecule has 3 heteroatoms. The standard InChI is InChI=1S/C18H25NO2/c1-17(2,21-3)13-10-15-6-8-16(9-7-15)18(19-14-20)11-4-5-12-18/h6-9H,4-5,10-13H2,1-3H3. The number of carbonyl (C=O) groups excluding carboxylic acids is 1. The second-order valence-electron chi connectivity index (χ2n) is 6.60. The Balaban J connectivity index is 2.10. The zero-order valence-corrected chi connectivity index (χ0v) is 13.3. The van der Waals surface area contributed by atoms with Crippen LogP contribution in [-0.2, 0) is 21.5 Å². The Morgan fingerprint density at radius 3 is 2.38 bits per heavy atom. The van der Waals surface area contributed by atoms with Gasteiger partial charge in [0.2, 0.25) is 6.08 Å². The van der Waals surface area contributed by atoms with Gasteiger partial charge in [-0.25, -0.2) is 4.79 Å². The first-order chi connectivity index (χ1) is 10.0. The molecule has 1 aliphatic carbocycles. The van der Waals surface area contributed by atoms with E-state index in [9.17, 15) is 4.79 Å². The fourth-order valence-electron chi connectivity index (χ4n) is 3.04. The van der Waals surface area contributed by atoms with Gasteiger partial charge < -0.3 is 4.74 Å². The molecule has 0 spiro atoms. The lowest BCUT2D eigenvalue weighted by molar-refractivity contribution is 0.0158. The second-order valence-corrected chi connectivity index (χ2v) is 6.60. The van der Waals surface area contributed by atoms with Gasteiger partial charge >= 0.3 is 0 Å². The minimum Gasteiger partial charge on any atom is -0.379 e. The van der Waals surface area contributed by atoms with E-state index in [0.717, 1.165) is 44.1 Å². The lowest BCUT2D eigenvalue weighted by Gasteiger charge is -2.24. The highest BCUT2D eigenvalue weighted by atomic mass is 16.5. The summed E-state index contributed by atoms with van der Waals surface area (Å²) >= 11 is 0. The fraction of sp³-hybridized carbons (Fsp3) is 0.611. The van der Waals surface area contributed by atoms with Gasteiger partial charge in [0.15, 0.2) is 0 Å². The molecule has 1 aliphatic rings. The van der Waals surface area contributed by atoms with Gasteiger partial charge in [0, 0.05) is 7.11 Å². The molecule has 21 heavy (non-hydrogen) atoms. The molecule has 0 atom stereocenters. The molecule has 1 fully saturated rings. The third-order valence-corrected chi connectivity index (χ3v) is 4.75. The van der Waals surface area contributed by atoms with E-state index in [4.69, 9.17) is 4.74 Å². The highest BCUT2D eigenvalue weighted by Gasteiger charge is 2.35. The highest BCUT2D eigenvalue weighted by Crippen LogP contribution is 2.42. The Morgan fingerprint density at radius 2 is 1.86 bits per heavy atom. The fourth-order valence-corrected chi connectivity index (χ4v) is 3.04. The van der Waals surface area contributed by atoms with Crippen LogP contribution in [0.5, 0.6) is 0 Å². The molecule has 0 saturated heterocycles. The smallest absolute Gasteiger partial charge is 0.235 e. The first kappa shape index (κ1) is 15.9. The van der Waals surface area contributed by atoms with Crippen molar-refractivity contribution in [2.75, 3.05) is 7.11 Å². The number of aryl methyl sites for hydroxylation is 1. The summed E-state index contributed by atoms with van der Waals surface area (Å²) in [5.74, 6) is 0. The van der Waals surface area contributed by atoms with Crippen LogP contribution in [0.1, 0.15) is 57.1 Å². The number of ether oxygens (including phenoxy) is 1. The number of methoxy groups -OCH3 is 1. The van der Waals surface area contributed by atoms with Gasteiger partial charge in [-0.3, -0.25) is 0 Å². The Kier molecular flexibility index (Phi) is 4.97. The van der Waals surface area contributed by atoms with Gasteiger partial charge in [0.25, 0.3) is 0 Å². The Bertz CT molecular complexity index is 507. The molecule has 1 aromatic rings. The molecule has 1 saturated carbocycles. The molecule has 0 N–H and O–H groups in total. The molecule has 2 rings (SSSR count). The van der Waals surface area contributed by atoms with Crippen LogP contribution in [0.4, 0.5) is 0 Å². The summed E-state index contributed by atoms with van der Waals surface area (Å²) in [7, 11) is 1.75. The minimum atomic E-state index is -0.313. The lowest BCUT2D eigenvalue weighted by atomic mass is 9.88. The van der Waals surface area contributed by atoms with E-state index in [1.54, 1.807) is 13.2 Å². The van der Waals surface area contributed by atoms with Crippen LogP contribution < -0.4 is 0 Å². The molecule has 114 valence electrons. The van der Waals surface area contributed by atoms with Crippen molar-refractivity contribution in [3.63, 3.8) is 0 Å². The number of benzene rings is 1. The first-order valence-corrected chi connectivity index (χ1v) is 7.75. The maximum Gasteiger partial charge on any atom is 0.235 e. The average Bonchev–Trinajstić information content (AvgIpc) is 2.96. The zero-order valence-electron chi connectivity index (χ0n) is 13.3. The van der Waals surface area contributed by atoms with E-state index in [1.807, 2.05) is 0 Å². The van der Waals surface area contributed by atoms with Gasteiger partial charge in [-0.15, -0.1) is 0 Å². The molecule has 0 aromatic heterocycles. The van der Waals surface area contributed by atoms with Crippen LogP contribution in [-0.4, -0.2) is 18.8 Å². The van der Waals surface area contributed by atoms with E-state index in [-0.39, 0.29) is 11.1 Å². The van der Waals surface area contributed by atoms with Gasteiger partial charge in [0.05, 0.1) is 11.1 Å². The molecule has 0 heterocycles. The average molecular weight is 287 g/mol. The Morgan fingerprint density at radius 1 is 1.24 bits per heavy atom. The summed E-state index contributed by atoms with van der Waals surface area (Å²) in [6, 6.07) is 8.56. The molecule has 0 unspecified atom stereocenters. The van der Waals surface area contributed by atoms with E-state index < -0.39 is 0 Å². The van der Waals surface area contributed by atoms with E-state index in [0.29, 0.717) is 0 Å². The number of isocyanates is 1. The lowest BCUT2D eigenvalue weighted by Crippen LogP contribution is -2.23. The number of aliphatic imine (C=N–C) groups is 1. The van der Waals surface area contributed by atoms with Crippen LogP contribution >= 0.6 is 0 Å². The van der Waals surface area contributed by atoms with Gasteiger partial charge in [-0.05, 0) is 50.7 Å². The van der Waals surface area contributed by atoms with E-state index in [2.05, 4.69) is 43.1 Å². The first-order valence-electron chi connectivity index (χ1n) is 7.75. The quantitative estimate of drug-likeness (QED) is 0.582. The van der Waals surface area contributed by atoms with Crippen LogP contribution in [0.2, 0.25) is 0 Å². The third-order valence-electron chi connectivity index (χ3n) is 4.75. The number of hydrogen-bond acceptors (Lipinski definition) is 3. The third kappa shape index (κ3) is 3.81. The van der Waals surface area contributed by atoms with Crippen molar-refractivity contribution in [2.24, 2.45) is 4.99 Å². The summed E-state index contributed by atoms with van der Waals surface area (Å²) in [5.41, 5.74) is 2.05. The van der Waals surface area contributed by atoms with Crippen molar-refractivity contribution < 1.29 is 9.53 Å².